The molecule has 2 fully saturated rings. The number of anilines is 1. The lowest BCUT2D eigenvalue weighted by atomic mass is 9.88. The quantitative estimate of drug-likeness (QED) is 0.520. The number of carbonyl (C=O) groups excluding carboxylic acids is 3. The summed E-state index contributed by atoms with van der Waals surface area (Å²) in [7, 11) is 1.20. The highest BCUT2D eigenvalue weighted by atomic mass is 19.1. The molecule has 3 N–H and O–H groups in total. The van der Waals surface area contributed by atoms with E-state index in [1.807, 2.05) is 0 Å². The van der Waals surface area contributed by atoms with Gasteiger partial charge in [0.15, 0.2) is 0 Å². The Labute approximate surface area is 186 Å². The first-order valence-electron chi connectivity index (χ1n) is 10.5. The molecule has 2 aliphatic heterocycles. The maximum atomic E-state index is 13.6. The number of halogens is 1. The number of nitrogen functional groups attached to an aromatic ring is 1. The number of carbonyl (C=O) groups is 3. The Kier molecular flexibility index (Phi) is 6.64. The summed E-state index contributed by atoms with van der Waals surface area (Å²) in [4.78, 5) is 40.0. The van der Waals surface area contributed by atoms with Gasteiger partial charge in [-0.2, -0.15) is 0 Å². The highest BCUT2D eigenvalue weighted by molar-refractivity contribution is 6.01. The minimum Gasteiger partial charge on any atom is -0.467 e. The summed E-state index contributed by atoms with van der Waals surface area (Å²) in [6.45, 7) is 5.90. The number of rotatable bonds is 5. The molecule has 3 unspecified atom stereocenters. The molecule has 1 aromatic carbocycles. The molecule has 9 nitrogen and oxygen atoms in total. The molecule has 0 saturated carbocycles. The van der Waals surface area contributed by atoms with Gasteiger partial charge >= 0.3 is 12.1 Å². The van der Waals surface area contributed by atoms with Gasteiger partial charge in [-0.15, -0.1) is 0 Å². The van der Waals surface area contributed by atoms with Crippen LogP contribution in [0.1, 0.15) is 50.4 Å². The normalized spacial score (nSPS) is 23.4. The zero-order valence-corrected chi connectivity index (χ0v) is 18.8. The van der Waals surface area contributed by atoms with Crippen molar-refractivity contribution < 1.29 is 33.0 Å². The second kappa shape index (κ2) is 8.93. The van der Waals surface area contributed by atoms with Crippen LogP contribution in [-0.4, -0.2) is 66.4 Å². The van der Waals surface area contributed by atoms with Crippen LogP contribution in [0.3, 0.4) is 0 Å². The van der Waals surface area contributed by atoms with Crippen LogP contribution in [-0.2, 0) is 19.0 Å². The van der Waals surface area contributed by atoms with Crippen LogP contribution in [0.15, 0.2) is 18.2 Å². The van der Waals surface area contributed by atoms with Crippen LogP contribution in [0, 0.1) is 5.82 Å². The van der Waals surface area contributed by atoms with Crippen molar-refractivity contribution in [2.45, 2.75) is 63.3 Å². The molecule has 3 rings (SSSR count). The van der Waals surface area contributed by atoms with Crippen molar-refractivity contribution in [3.63, 3.8) is 0 Å². The number of hydrogen-bond donors (Lipinski definition) is 2. The summed E-state index contributed by atoms with van der Waals surface area (Å²) < 4.78 is 29.9. The number of nitrogens with zero attached hydrogens (tertiary/aromatic N) is 1. The number of hydrogen-bond acceptors (Lipinski definition) is 7. The van der Waals surface area contributed by atoms with Gasteiger partial charge in [0.05, 0.1) is 37.5 Å². The van der Waals surface area contributed by atoms with Crippen LogP contribution in [0.4, 0.5) is 14.9 Å². The second-order valence-electron chi connectivity index (χ2n) is 9.27. The Morgan fingerprint density at radius 3 is 2.75 bits per heavy atom. The van der Waals surface area contributed by atoms with Gasteiger partial charge in [-0.05, 0) is 51.8 Å². The molecule has 2 bridgehead atoms. The lowest BCUT2D eigenvalue weighted by molar-refractivity contribution is -0.145. The maximum absolute atomic E-state index is 13.6. The lowest BCUT2D eigenvalue weighted by Crippen LogP contribution is -2.62. The molecule has 176 valence electrons. The van der Waals surface area contributed by atoms with Crippen molar-refractivity contribution in [1.82, 2.24) is 10.2 Å². The minimum atomic E-state index is -1.11. The second-order valence-corrected chi connectivity index (χ2v) is 9.27. The largest absolute Gasteiger partial charge is 0.467 e. The van der Waals surface area contributed by atoms with Crippen LogP contribution >= 0.6 is 0 Å². The van der Waals surface area contributed by atoms with Crippen LogP contribution in [0.25, 0.3) is 0 Å². The fourth-order valence-corrected chi connectivity index (χ4v) is 4.35. The number of nitrogens with one attached hydrogen (secondary N) is 1. The summed E-state index contributed by atoms with van der Waals surface area (Å²) in [5, 5.41) is 2.59. The number of amides is 2. The zero-order valence-electron chi connectivity index (χ0n) is 18.8. The molecule has 3 atom stereocenters. The van der Waals surface area contributed by atoms with Crippen molar-refractivity contribution in [3.05, 3.63) is 29.6 Å². The Bertz CT molecular complexity index is 898. The fourth-order valence-electron chi connectivity index (χ4n) is 4.35. The highest BCUT2D eigenvalue weighted by Crippen LogP contribution is 2.42. The Balaban J connectivity index is 1.86. The van der Waals surface area contributed by atoms with Gasteiger partial charge in [-0.3, -0.25) is 9.69 Å². The molecule has 2 amide bonds. The average Bonchev–Trinajstić information content (AvgIpc) is 2.93. The van der Waals surface area contributed by atoms with E-state index < -0.39 is 41.0 Å². The molecular formula is C22H30FN3O6. The van der Waals surface area contributed by atoms with Crippen LogP contribution in [0.5, 0.6) is 0 Å². The molecule has 2 heterocycles. The number of morpholine rings is 1. The highest BCUT2D eigenvalue weighted by Gasteiger charge is 2.55. The number of methoxy groups -OCH3 is 1. The first-order valence-corrected chi connectivity index (χ1v) is 10.5. The number of benzene rings is 1. The van der Waals surface area contributed by atoms with E-state index in [1.165, 1.54) is 13.2 Å². The summed E-state index contributed by atoms with van der Waals surface area (Å²) in [6.07, 6.45) is 0.809. The van der Waals surface area contributed by atoms with Crippen molar-refractivity contribution in [2.75, 3.05) is 26.1 Å². The van der Waals surface area contributed by atoms with E-state index in [1.54, 1.807) is 25.7 Å². The molecule has 0 aromatic heterocycles. The van der Waals surface area contributed by atoms with Crippen molar-refractivity contribution in [3.8, 4) is 0 Å². The molecular weight excluding hydrogens is 421 g/mol. The van der Waals surface area contributed by atoms with Gasteiger partial charge in [-0.25, -0.2) is 14.0 Å². The number of nitrogens with two attached hydrogens (primary N) is 1. The third-order valence-electron chi connectivity index (χ3n) is 5.73. The average molecular weight is 451 g/mol. The summed E-state index contributed by atoms with van der Waals surface area (Å²) in [5.74, 6) is -2.04. The van der Waals surface area contributed by atoms with Gasteiger partial charge in [0, 0.05) is 12.1 Å². The molecule has 0 aliphatic carbocycles. The SMILES string of the molecule is COC(=O)C(CC12CCC(COC1)N2C(=O)OC(C)(C)C)NC(=O)c1cc(F)ccc1N. The predicted molar refractivity (Wildman–Crippen MR) is 113 cm³/mol. The van der Waals surface area contributed by atoms with E-state index >= 15 is 0 Å². The zero-order chi connectivity index (χ0) is 23.7. The first kappa shape index (κ1) is 23.8. The number of esters is 1. The maximum Gasteiger partial charge on any atom is 0.411 e. The molecule has 32 heavy (non-hydrogen) atoms. The third-order valence-corrected chi connectivity index (χ3v) is 5.73. The monoisotopic (exact) mass is 451 g/mol. The summed E-state index contributed by atoms with van der Waals surface area (Å²) in [5.41, 5.74) is 4.23. The van der Waals surface area contributed by atoms with E-state index in [-0.39, 0.29) is 30.3 Å². The van der Waals surface area contributed by atoms with E-state index in [2.05, 4.69) is 5.32 Å². The third kappa shape index (κ3) is 4.95. The van der Waals surface area contributed by atoms with E-state index in [4.69, 9.17) is 19.9 Å². The lowest BCUT2D eigenvalue weighted by Gasteiger charge is -2.45. The van der Waals surface area contributed by atoms with Gasteiger partial charge in [-0.1, -0.05) is 0 Å². The molecule has 0 spiro atoms. The molecule has 0 radical (unpaired) electrons. The summed E-state index contributed by atoms with van der Waals surface area (Å²) >= 11 is 0. The molecule has 2 aliphatic rings. The van der Waals surface area contributed by atoms with Gasteiger partial charge in [0.1, 0.15) is 17.5 Å². The van der Waals surface area contributed by atoms with Crippen LogP contribution in [0.2, 0.25) is 0 Å². The minimum absolute atomic E-state index is 0.0520. The Hall–Kier alpha value is -2.88. The number of ether oxygens (including phenoxy) is 3. The Morgan fingerprint density at radius 2 is 2.09 bits per heavy atom. The molecule has 2 saturated heterocycles. The van der Waals surface area contributed by atoms with Crippen LogP contribution < -0.4 is 11.1 Å². The molecule has 10 heteroatoms. The fraction of sp³-hybridized carbons (Fsp3) is 0.591. The first-order chi connectivity index (χ1) is 15.0. The number of fused-ring (bicyclic) bond motifs is 2. The Morgan fingerprint density at radius 1 is 1.38 bits per heavy atom. The topological polar surface area (TPSA) is 120 Å². The van der Waals surface area contributed by atoms with Crippen molar-refractivity contribution >= 4 is 23.7 Å². The van der Waals surface area contributed by atoms with Crippen molar-refractivity contribution in [2.24, 2.45) is 0 Å². The van der Waals surface area contributed by atoms with E-state index in [0.29, 0.717) is 19.4 Å². The van der Waals surface area contributed by atoms with Gasteiger partial charge in [0.2, 0.25) is 0 Å². The van der Waals surface area contributed by atoms with Crippen molar-refractivity contribution in [1.29, 1.82) is 0 Å². The molecule has 1 aromatic rings. The standard InChI is InChI=1S/C22H30FN3O6/c1-21(2,3)32-20(29)26-14-7-8-22(26,12-31-11-14)10-17(19(28)30-4)25-18(27)15-9-13(23)5-6-16(15)24/h5-6,9,14,17H,7-8,10-12,24H2,1-4H3,(H,25,27). The summed E-state index contributed by atoms with van der Waals surface area (Å²) in [6, 6.07) is 2.11. The van der Waals surface area contributed by atoms with E-state index in [0.717, 1.165) is 12.1 Å². The smallest absolute Gasteiger partial charge is 0.411 e. The van der Waals surface area contributed by atoms with Gasteiger partial charge < -0.3 is 25.3 Å². The predicted octanol–water partition coefficient (Wildman–Crippen LogP) is 2.24. The van der Waals surface area contributed by atoms with Gasteiger partial charge in [0.25, 0.3) is 5.91 Å². The van der Waals surface area contributed by atoms with E-state index in [9.17, 15) is 18.8 Å².